The molecule has 0 unspecified atom stereocenters. The predicted octanol–water partition coefficient (Wildman–Crippen LogP) is 3.47. The van der Waals surface area contributed by atoms with Crippen molar-refractivity contribution in [3.8, 4) is 0 Å². The highest BCUT2D eigenvalue weighted by atomic mass is 19.1. The van der Waals surface area contributed by atoms with Gasteiger partial charge in [0.2, 0.25) is 5.82 Å². The standard InChI is InChI=1S/C15H14F2N2O2/c1-10-3-2-4-11(5-10)8-18-9-12-6-15(19(20)21)14(17)7-13(12)16/h2-7,18H,8-9H2,1H3. The molecule has 2 rings (SSSR count). The van der Waals surface area contributed by atoms with E-state index in [0.29, 0.717) is 12.6 Å². The first kappa shape index (κ1) is 15.1. The third-order valence-corrected chi connectivity index (χ3v) is 3.04. The molecule has 0 radical (unpaired) electrons. The number of hydrogen-bond acceptors (Lipinski definition) is 3. The summed E-state index contributed by atoms with van der Waals surface area (Å²) in [6, 6.07) is 9.25. The Morgan fingerprint density at radius 3 is 2.57 bits per heavy atom. The summed E-state index contributed by atoms with van der Waals surface area (Å²) >= 11 is 0. The van der Waals surface area contributed by atoms with Crippen LogP contribution in [0.4, 0.5) is 14.5 Å². The number of halogens is 2. The maximum Gasteiger partial charge on any atom is 0.305 e. The molecule has 0 bridgehead atoms. The number of nitro groups is 1. The fraction of sp³-hybridized carbons (Fsp3) is 0.200. The molecule has 0 amide bonds. The molecule has 0 saturated carbocycles. The quantitative estimate of drug-likeness (QED) is 0.678. The van der Waals surface area contributed by atoms with Crippen molar-refractivity contribution in [3.63, 3.8) is 0 Å². The molecule has 6 heteroatoms. The molecule has 0 spiro atoms. The normalized spacial score (nSPS) is 10.6. The average Bonchev–Trinajstić information content (AvgIpc) is 2.41. The van der Waals surface area contributed by atoms with Crippen molar-refractivity contribution < 1.29 is 13.7 Å². The maximum atomic E-state index is 13.6. The SMILES string of the molecule is Cc1cccc(CNCc2cc([N+](=O)[O-])c(F)cc2F)c1. The molecule has 0 aliphatic rings. The Labute approximate surface area is 120 Å². The van der Waals surface area contributed by atoms with E-state index in [0.717, 1.165) is 17.2 Å². The Morgan fingerprint density at radius 2 is 1.90 bits per heavy atom. The lowest BCUT2D eigenvalue weighted by atomic mass is 10.1. The minimum atomic E-state index is -1.17. The Balaban J connectivity index is 2.06. The van der Waals surface area contributed by atoms with E-state index in [-0.39, 0.29) is 12.1 Å². The van der Waals surface area contributed by atoms with Gasteiger partial charge < -0.3 is 5.32 Å². The monoisotopic (exact) mass is 292 g/mol. The molecular weight excluding hydrogens is 278 g/mol. The van der Waals surface area contributed by atoms with Crippen LogP contribution in [0.25, 0.3) is 0 Å². The van der Waals surface area contributed by atoms with Gasteiger partial charge in [-0.05, 0) is 12.5 Å². The first-order valence-corrected chi connectivity index (χ1v) is 6.36. The minimum absolute atomic E-state index is 0.0655. The highest BCUT2D eigenvalue weighted by Crippen LogP contribution is 2.21. The summed E-state index contributed by atoms with van der Waals surface area (Å²) in [5.41, 5.74) is 1.48. The molecule has 2 aromatic rings. The van der Waals surface area contributed by atoms with Crippen LogP contribution in [-0.4, -0.2) is 4.92 Å². The van der Waals surface area contributed by atoms with Gasteiger partial charge in [0.05, 0.1) is 4.92 Å². The van der Waals surface area contributed by atoms with E-state index in [2.05, 4.69) is 5.32 Å². The van der Waals surface area contributed by atoms with E-state index < -0.39 is 22.2 Å². The van der Waals surface area contributed by atoms with Gasteiger partial charge in [-0.25, -0.2) is 4.39 Å². The van der Waals surface area contributed by atoms with Crippen LogP contribution in [0.3, 0.4) is 0 Å². The molecule has 110 valence electrons. The lowest BCUT2D eigenvalue weighted by Crippen LogP contribution is -2.14. The van der Waals surface area contributed by atoms with E-state index in [9.17, 15) is 18.9 Å². The molecule has 1 N–H and O–H groups in total. The number of hydrogen-bond donors (Lipinski definition) is 1. The number of aryl methyl sites for hydroxylation is 1. The van der Waals surface area contributed by atoms with Crippen molar-refractivity contribution in [3.05, 3.63) is 74.8 Å². The molecule has 0 saturated heterocycles. The molecule has 0 atom stereocenters. The number of rotatable bonds is 5. The highest BCUT2D eigenvalue weighted by molar-refractivity contribution is 5.37. The van der Waals surface area contributed by atoms with Gasteiger partial charge in [0.25, 0.3) is 0 Å². The zero-order valence-electron chi connectivity index (χ0n) is 11.4. The number of nitro benzene ring substituents is 1. The summed E-state index contributed by atoms with van der Waals surface area (Å²) in [5.74, 6) is -1.96. The van der Waals surface area contributed by atoms with Gasteiger partial charge in [0.15, 0.2) is 0 Å². The van der Waals surface area contributed by atoms with Gasteiger partial charge in [-0.3, -0.25) is 10.1 Å². The molecule has 21 heavy (non-hydrogen) atoms. The van der Waals surface area contributed by atoms with Crippen molar-refractivity contribution >= 4 is 5.69 Å². The number of nitrogens with zero attached hydrogens (tertiary/aromatic N) is 1. The first-order valence-electron chi connectivity index (χ1n) is 6.36. The average molecular weight is 292 g/mol. The van der Waals surface area contributed by atoms with E-state index in [1.807, 2.05) is 31.2 Å². The minimum Gasteiger partial charge on any atom is -0.309 e. The van der Waals surface area contributed by atoms with E-state index in [4.69, 9.17) is 0 Å². The summed E-state index contributed by atoms with van der Waals surface area (Å²) < 4.78 is 26.8. The number of benzene rings is 2. The van der Waals surface area contributed by atoms with Crippen LogP contribution < -0.4 is 5.32 Å². The van der Waals surface area contributed by atoms with Crippen LogP contribution in [0.2, 0.25) is 0 Å². The van der Waals surface area contributed by atoms with E-state index in [1.165, 1.54) is 0 Å². The van der Waals surface area contributed by atoms with Crippen molar-refractivity contribution in [1.82, 2.24) is 5.32 Å². The molecule has 0 aliphatic heterocycles. The summed E-state index contributed by atoms with van der Waals surface area (Å²) in [6.07, 6.45) is 0. The fourth-order valence-electron chi connectivity index (χ4n) is 2.02. The van der Waals surface area contributed by atoms with Crippen LogP contribution in [0.5, 0.6) is 0 Å². The summed E-state index contributed by atoms with van der Waals surface area (Å²) in [5, 5.41) is 13.6. The summed E-state index contributed by atoms with van der Waals surface area (Å²) in [7, 11) is 0. The summed E-state index contributed by atoms with van der Waals surface area (Å²) in [6.45, 7) is 2.54. The van der Waals surface area contributed by atoms with Gasteiger partial charge in [-0.15, -0.1) is 0 Å². The largest absolute Gasteiger partial charge is 0.309 e. The predicted molar refractivity (Wildman–Crippen MR) is 74.7 cm³/mol. The topological polar surface area (TPSA) is 55.2 Å². The van der Waals surface area contributed by atoms with Gasteiger partial charge in [-0.1, -0.05) is 29.8 Å². The van der Waals surface area contributed by atoms with E-state index >= 15 is 0 Å². The summed E-state index contributed by atoms with van der Waals surface area (Å²) in [4.78, 5) is 9.78. The molecule has 4 nitrogen and oxygen atoms in total. The smallest absolute Gasteiger partial charge is 0.305 e. The third kappa shape index (κ3) is 3.82. The first-order chi connectivity index (χ1) is 9.97. The Bertz CT molecular complexity index is 675. The lowest BCUT2D eigenvalue weighted by molar-refractivity contribution is -0.387. The van der Waals surface area contributed by atoms with Gasteiger partial charge in [0.1, 0.15) is 5.82 Å². The van der Waals surface area contributed by atoms with Crippen LogP contribution in [0.1, 0.15) is 16.7 Å². The van der Waals surface area contributed by atoms with Crippen molar-refractivity contribution in [1.29, 1.82) is 0 Å². The zero-order valence-corrected chi connectivity index (χ0v) is 11.4. The maximum absolute atomic E-state index is 13.6. The highest BCUT2D eigenvalue weighted by Gasteiger charge is 2.18. The molecule has 0 fully saturated rings. The van der Waals surface area contributed by atoms with Crippen LogP contribution in [0.15, 0.2) is 36.4 Å². The van der Waals surface area contributed by atoms with Gasteiger partial charge >= 0.3 is 5.69 Å². The molecular formula is C15H14F2N2O2. The van der Waals surface area contributed by atoms with Crippen molar-refractivity contribution in [2.75, 3.05) is 0 Å². The third-order valence-electron chi connectivity index (χ3n) is 3.04. The van der Waals surface area contributed by atoms with Crippen LogP contribution in [-0.2, 0) is 13.1 Å². The van der Waals surface area contributed by atoms with Crippen molar-refractivity contribution in [2.45, 2.75) is 20.0 Å². The Morgan fingerprint density at radius 1 is 1.14 bits per heavy atom. The molecule has 0 heterocycles. The zero-order chi connectivity index (χ0) is 15.4. The van der Waals surface area contributed by atoms with Gasteiger partial charge in [0, 0.05) is 30.8 Å². The van der Waals surface area contributed by atoms with Gasteiger partial charge in [-0.2, -0.15) is 4.39 Å². The van der Waals surface area contributed by atoms with Crippen molar-refractivity contribution in [2.24, 2.45) is 0 Å². The molecule has 0 aliphatic carbocycles. The van der Waals surface area contributed by atoms with Crippen LogP contribution in [0, 0.1) is 28.7 Å². The second kappa shape index (κ2) is 6.41. The second-order valence-corrected chi connectivity index (χ2v) is 4.74. The second-order valence-electron chi connectivity index (χ2n) is 4.74. The molecule has 2 aromatic carbocycles. The fourth-order valence-corrected chi connectivity index (χ4v) is 2.02. The van der Waals surface area contributed by atoms with E-state index in [1.54, 1.807) is 0 Å². The lowest BCUT2D eigenvalue weighted by Gasteiger charge is -2.07. The molecule has 0 aromatic heterocycles. The number of nitrogens with one attached hydrogen (secondary N) is 1. The Hall–Kier alpha value is -2.34. The van der Waals surface area contributed by atoms with Crippen LogP contribution >= 0.6 is 0 Å². The Kier molecular flexibility index (Phi) is 4.59.